The van der Waals surface area contributed by atoms with Crippen molar-refractivity contribution in [3.63, 3.8) is 0 Å². The van der Waals surface area contributed by atoms with Gasteiger partial charge in [0.15, 0.2) is 0 Å². The molecule has 0 radical (unpaired) electrons. The fraction of sp³-hybridized carbons (Fsp3) is 0.643. The highest BCUT2D eigenvalue weighted by Gasteiger charge is 2.31. The van der Waals surface area contributed by atoms with Gasteiger partial charge in [-0.15, -0.1) is 0 Å². The van der Waals surface area contributed by atoms with E-state index in [0.29, 0.717) is 11.5 Å². The van der Waals surface area contributed by atoms with Crippen molar-refractivity contribution in [2.45, 2.75) is 39.8 Å². The molecule has 94 valence electrons. The molecule has 1 atom stereocenters. The molecule has 1 N–H and O–H groups in total. The smallest absolute Gasteiger partial charge is 0.0300 e. The zero-order valence-corrected chi connectivity index (χ0v) is 11.8. The van der Waals surface area contributed by atoms with Crippen molar-refractivity contribution in [1.82, 2.24) is 10.3 Å². The van der Waals surface area contributed by atoms with E-state index in [1.54, 1.807) is 0 Å². The average Bonchev–Trinajstić information content (AvgIpc) is 2.29. The normalized spacial score (nSPS) is 23.6. The molecule has 1 aromatic heterocycles. The predicted molar refractivity (Wildman–Crippen MR) is 75.3 cm³/mol. The molecule has 1 unspecified atom stereocenters. The highest BCUT2D eigenvalue weighted by atomic mass is 32.2. The van der Waals surface area contributed by atoms with E-state index in [-0.39, 0.29) is 0 Å². The molecule has 1 aliphatic heterocycles. The minimum atomic E-state index is 0.423. The summed E-state index contributed by atoms with van der Waals surface area (Å²) in [6.45, 7) is 7.85. The summed E-state index contributed by atoms with van der Waals surface area (Å²) in [5.41, 5.74) is 3.07. The maximum absolute atomic E-state index is 4.14. The minimum Gasteiger partial charge on any atom is -0.309 e. The van der Waals surface area contributed by atoms with Crippen LogP contribution in [0.2, 0.25) is 0 Å². The number of aromatic nitrogens is 1. The van der Waals surface area contributed by atoms with E-state index in [0.717, 1.165) is 6.54 Å². The Kier molecular flexibility index (Phi) is 4.10. The fourth-order valence-corrected chi connectivity index (χ4v) is 3.85. The van der Waals surface area contributed by atoms with Crippen LogP contribution in [0.4, 0.5) is 0 Å². The van der Waals surface area contributed by atoms with Gasteiger partial charge in [0.25, 0.3) is 0 Å². The van der Waals surface area contributed by atoms with Crippen molar-refractivity contribution in [1.29, 1.82) is 0 Å². The summed E-state index contributed by atoms with van der Waals surface area (Å²) in [5.74, 6) is 2.54. The molecular weight excluding hydrogens is 228 g/mol. The third-order valence-corrected chi connectivity index (χ3v) is 4.86. The van der Waals surface area contributed by atoms with Gasteiger partial charge in [-0.1, -0.05) is 13.8 Å². The van der Waals surface area contributed by atoms with Crippen LogP contribution in [-0.4, -0.2) is 22.5 Å². The zero-order valence-electron chi connectivity index (χ0n) is 11.0. The van der Waals surface area contributed by atoms with Crippen LogP contribution < -0.4 is 5.32 Å². The molecule has 2 nitrogen and oxygen atoms in total. The number of thioether (sulfide) groups is 1. The second-order valence-electron chi connectivity index (χ2n) is 5.55. The van der Waals surface area contributed by atoms with Crippen molar-refractivity contribution in [3.8, 4) is 0 Å². The zero-order chi connectivity index (χ0) is 12.3. The van der Waals surface area contributed by atoms with Gasteiger partial charge in [-0.3, -0.25) is 4.98 Å². The second kappa shape index (κ2) is 5.40. The van der Waals surface area contributed by atoms with E-state index in [4.69, 9.17) is 0 Å². The molecule has 0 bridgehead atoms. The van der Waals surface area contributed by atoms with E-state index in [2.05, 4.69) is 48.9 Å². The monoisotopic (exact) mass is 250 g/mol. The highest BCUT2D eigenvalue weighted by Crippen LogP contribution is 2.34. The van der Waals surface area contributed by atoms with Crippen LogP contribution in [-0.2, 0) is 6.54 Å². The van der Waals surface area contributed by atoms with Crippen molar-refractivity contribution >= 4 is 11.8 Å². The van der Waals surface area contributed by atoms with Gasteiger partial charge in [-0.2, -0.15) is 11.8 Å². The third-order valence-electron chi connectivity index (χ3n) is 3.79. The molecule has 1 aromatic rings. The number of pyridine rings is 1. The van der Waals surface area contributed by atoms with Crippen LogP contribution in [0.3, 0.4) is 0 Å². The maximum atomic E-state index is 4.14. The molecule has 2 rings (SSSR count). The maximum Gasteiger partial charge on any atom is 0.0300 e. The van der Waals surface area contributed by atoms with Crippen LogP contribution >= 0.6 is 11.8 Å². The predicted octanol–water partition coefficient (Wildman–Crippen LogP) is 3.01. The standard InChI is InChI=1S/C14H22N2S/c1-11-8-15-6-4-12(11)9-16-13-10-17-7-5-14(13,2)3/h4,6,8,13,16H,5,7,9-10H2,1-3H3. The largest absolute Gasteiger partial charge is 0.309 e. The summed E-state index contributed by atoms with van der Waals surface area (Å²) in [6, 6.07) is 2.74. The molecule has 1 fully saturated rings. The topological polar surface area (TPSA) is 24.9 Å². The number of hydrogen-bond donors (Lipinski definition) is 1. The Morgan fingerprint density at radius 2 is 2.35 bits per heavy atom. The SMILES string of the molecule is Cc1cnccc1CNC1CSCCC1(C)C. The molecule has 0 spiro atoms. The van der Waals surface area contributed by atoms with Crippen molar-refractivity contribution < 1.29 is 0 Å². The summed E-state index contributed by atoms with van der Waals surface area (Å²) >= 11 is 2.07. The van der Waals surface area contributed by atoms with E-state index < -0.39 is 0 Å². The van der Waals surface area contributed by atoms with Gasteiger partial charge in [0.1, 0.15) is 0 Å². The van der Waals surface area contributed by atoms with Crippen LogP contribution in [0.5, 0.6) is 0 Å². The van der Waals surface area contributed by atoms with Gasteiger partial charge in [0.2, 0.25) is 0 Å². The van der Waals surface area contributed by atoms with E-state index >= 15 is 0 Å². The third kappa shape index (κ3) is 3.23. The van der Waals surface area contributed by atoms with E-state index in [1.165, 1.54) is 29.1 Å². The molecule has 2 heterocycles. The molecule has 17 heavy (non-hydrogen) atoms. The van der Waals surface area contributed by atoms with Crippen LogP contribution in [0.1, 0.15) is 31.4 Å². The van der Waals surface area contributed by atoms with Gasteiger partial charge < -0.3 is 5.32 Å². The average molecular weight is 250 g/mol. The minimum absolute atomic E-state index is 0.423. The Hall–Kier alpha value is -0.540. The molecule has 0 aromatic carbocycles. The molecule has 0 amide bonds. The lowest BCUT2D eigenvalue weighted by Crippen LogP contribution is -2.46. The first-order valence-electron chi connectivity index (χ1n) is 6.30. The molecule has 0 saturated carbocycles. The lowest BCUT2D eigenvalue weighted by atomic mass is 9.82. The Bertz CT molecular complexity index is 376. The molecule has 1 saturated heterocycles. The molecule has 3 heteroatoms. The van der Waals surface area contributed by atoms with Gasteiger partial charge in [-0.05, 0) is 41.7 Å². The lowest BCUT2D eigenvalue weighted by molar-refractivity contribution is 0.245. The quantitative estimate of drug-likeness (QED) is 0.892. The Balaban J connectivity index is 1.96. The number of hydrogen-bond acceptors (Lipinski definition) is 3. The van der Waals surface area contributed by atoms with Crippen molar-refractivity contribution in [2.24, 2.45) is 5.41 Å². The molecule has 0 aliphatic carbocycles. The van der Waals surface area contributed by atoms with Crippen molar-refractivity contribution in [3.05, 3.63) is 29.6 Å². The summed E-state index contributed by atoms with van der Waals surface area (Å²) in [5, 5.41) is 3.72. The first-order valence-corrected chi connectivity index (χ1v) is 7.46. The van der Waals surface area contributed by atoms with Crippen LogP contribution in [0.25, 0.3) is 0 Å². The van der Waals surface area contributed by atoms with E-state index in [1.807, 2.05) is 12.4 Å². The van der Waals surface area contributed by atoms with Gasteiger partial charge in [0.05, 0.1) is 0 Å². The van der Waals surface area contributed by atoms with Gasteiger partial charge >= 0.3 is 0 Å². The fourth-order valence-electron chi connectivity index (χ4n) is 2.21. The van der Waals surface area contributed by atoms with Crippen LogP contribution in [0, 0.1) is 12.3 Å². The van der Waals surface area contributed by atoms with E-state index in [9.17, 15) is 0 Å². The van der Waals surface area contributed by atoms with Crippen LogP contribution in [0.15, 0.2) is 18.5 Å². The number of nitrogens with one attached hydrogen (secondary N) is 1. The first kappa shape index (κ1) is 12.9. The Morgan fingerprint density at radius 3 is 3.06 bits per heavy atom. The first-order chi connectivity index (χ1) is 8.09. The van der Waals surface area contributed by atoms with Gasteiger partial charge in [-0.25, -0.2) is 0 Å². The lowest BCUT2D eigenvalue weighted by Gasteiger charge is -2.39. The number of aryl methyl sites for hydroxylation is 1. The van der Waals surface area contributed by atoms with Crippen molar-refractivity contribution in [2.75, 3.05) is 11.5 Å². The summed E-state index contributed by atoms with van der Waals surface area (Å²) < 4.78 is 0. The van der Waals surface area contributed by atoms with Gasteiger partial charge in [0, 0.05) is 30.7 Å². The molecular formula is C14H22N2S. The molecule has 1 aliphatic rings. The Labute approximate surface area is 109 Å². The summed E-state index contributed by atoms with van der Waals surface area (Å²) in [7, 11) is 0. The second-order valence-corrected chi connectivity index (χ2v) is 6.70. The highest BCUT2D eigenvalue weighted by molar-refractivity contribution is 7.99. The number of nitrogens with zero attached hydrogens (tertiary/aromatic N) is 1. The Morgan fingerprint density at radius 1 is 1.53 bits per heavy atom. The summed E-state index contributed by atoms with van der Waals surface area (Å²) in [4.78, 5) is 4.14. The number of rotatable bonds is 3. The summed E-state index contributed by atoms with van der Waals surface area (Å²) in [6.07, 6.45) is 5.13.